The summed E-state index contributed by atoms with van der Waals surface area (Å²) in [5, 5.41) is 23.0. The monoisotopic (exact) mass is 410 g/mol. The Morgan fingerprint density at radius 2 is 2.10 bits per heavy atom. The third kappa shape index (κ3) is 5.13. The molecule has 0 saturated carbocycles. The molecule has 0 bridgehead atoms. The Morgan fingerprint density at radius 3 is 2.72 bits per heavy atom. The maximum atomic E-state index is 12.4. The van der Waals surface area contributed by atoms with Crippen LogP contribution >= 0.6 is 11.3 Å². The van der Waals surface area contributed by atoms with Crippen LogP contribution in [0.4, 0.5) is 5.00 Å². The van der Waals surface area contributed by atoms with Gasteiger partial charge in [0.25, 0.3) is 5.91 Å². The summed E-state index contributed by atoms with van der Waals surface area (Å²) in [6, 6.07) is 7.32. The first-order valence-electron chi connectivity index (χ1n) is 9.10. The van der Waals surface area contributed by atoms with E-state index in [1.165, 1.54) is 24.3 Å². The number of thiophene rings is 1. The Hall–Kier alpha value is -3.36. The number of aryl methyl sites for hydroxylation is 1. The molecule has 8 heteroatoms. The van der Waals surface area contributed by atoms with E-state index in [0.717, 1.165) is 29.9 Å². The molecule has 0 unspecified atom stereocenters. The number of rotatable bonds is 7. The first-order valence-corrected chi connectivity index (χ1v) is 9.98. The van der Waals surface area contributed by atoms with Crippen LogP contribution in [-0.4, -0.2) is 22.5 Å². The predicted molar refractivity (Wildman–Crippen MR) is 111 cm³/mol. The van der Waals surface area contributed by atoms with Crippen molar-refractivity contribution in [2.75, 3.05) is 5.32 Å². The lowest BCUT2D eigenvalue weighted by Gasteiger charge is -2.12. The smallest absolute Gasteiger partial charge is 0.349 e. The summed E-state index contributed by atoms with van der Waals surface area (Å²) < 4.78 is 7.28. The number of carbonyl (C=O) groups is 2. The average Bonchev–Trinajstić information content (AvgIpc) is 3.24. The maximum absolute atomic E-state index is 12.4. The average molecular weight is 410 g/mol. The van der Waals surface area contributed by atoms with Gasteiger partial charge in [0.2, 0.25) is 0 Å². The first kappa shape index (κ1) is 21.9. The van der Waals surface area contributed by atoms with Crippen LogP contribution in [-0.2, 0) is 20.9 Å². The highest BCUT2D eigenvalue weighted by Gasteiger charge is 2.22. The highest BCUT2D eigenvalue weighted by atomic mass is 32.1. The van der Waals surface area contributed by atoms with Gasteiger partial charge in [-0.2, -0.15) is 10.5 Å². The number of anilines is 1. The van der Waals surface area contributed by atoms with Gasteiger partial charge in [-0.25, -0.2) is 4.79 Å². The number of nitrogens with one attached hydrogen (secondary N) is 1. The molecule has 7 nitrogen and oxygen atoms in total. The Morgan fingerprint density at radius 1 is 1.38 bits per heavy atom. The Kier molecular flexibility index (Phi) is 7.35. The van der Waals surface area contributed by atoms with Gasteiger partial charge in [0.05, 0.1) is 5.56 Å². The number of nitrogens with zero attached hydrogens (tertiary/aromatic N) is 3. The molecule has 1 N–H and O–H groups in total. The number of amides is 1. The van der Waals surface area contributed by atoms with Crippen molar-refractivity contribution in [2.24, 2.45) is 0 Å². The van der Waals surface area contributed by atoms with Crippen LogP contribution < -0.4 is 5.32 Å². The van der Waals surface area contributed by atoms with Gasteiger partial charge in [0.15, 0.2) is 6.10 Å². The van der Waals surface area contributed by atoms with Crippen molar-refractivity contribution < 1.29 is 14.3 Å². The molecule has 0 saturated heterocycles. The van der Waals surface area contributed by atoms with Crippen LogP contribution in [0, 0.1) is 36.5 Å². The minimum atomic E-state index is -1.12. The van der Waals surface area contributed by atoms with Crippen molar-refractivity contribution in [2.45, 2.75) is 46.8 Å². The number of hydrogen-bond donors (Lipinski definition) is 1. The van der Waals surface area contributed by atoms with Crippen molar-refractivity contribution in [1.29, 1.82) is 10.5 Å². The largest absolute Gasteiger partial charge is 0.448 e. The second-order valence-electron chi connectivity index (χ2n) is 6.46. The second-order valence-corrected chi connectivity index (χ2v) is 7.38. The van der Waals surface area contributed by atoms with Crippen LogP contribution in [0.3, 0.4) is 0 Å². The molecule has 2 rings (SSSR count). The fraction of sp³-hybridized carbons (Fsp3) is 0.333. The Labute approximate surface area is 173 Å². The molecule has 0 radical (unpaired) electrons. The van der Waals surface area contributed by atoms with Crippen molar-refractivity contribution in [1.82, 2.24) is 4.57 Å². The molecule has 2 heterocycles. The predicted octanol–water partition coefficient (Wildman–Crippen LogP) is 3.93. The molecular weight excluding hydrogens is 388 g/mol. The fourth-order valence-corrected chi connectivity index (χ4v) is 3.56. The van der Waals surface area contributed by atoms with Crippen LogP contribution in [0.15, 0.2) is 23.1 Å². The lowest BCUT2D eigenvalue weighted by molar-refractivity contribution is -0.148. The standard InChI is InChI=1S/C21H22N4O3S/c1-5-7-25-13(2)9-17(14(25)3)10-18(12-23)21(27)28-15(4)19(26)24-20-16(11-22)6-8-29-20/h6,8-10,15H,5,7H2,1-4H3,(H,24,26)/b18-10+/t15-/m1/s1. The maximum Gasteiger partial charge on any atom is 0.349 e. The summed E-state index contributed by atoms with van der Waals surface area (Å²) in [6.45, 7) is 8.24. The molecule has 0 aliphatic carbocycles. The summed E-state index contributed by atoms with van der Waals surface area (Å²) in [5.41, 5.74) is 2.91. The third-order valence-corrected chi connectivity index (χ3v) is 5.21. The quantitative estimate of drug-likeness (QED) is 0.423. The van der Waals surface area contributed by atoms with Gasteiger partial charge in [0.1, 0.15) is 22.7 Å². The number of nitriles is 2. The topological polar surface area (TPSA) is 108 Å². The van der Waals surface area contributed by atoms with Crippen LogP contribution in [0.5, 0.6) is 0 Å². The van der Waals surface area contributed by atoms with E-state index in [9.17, 15) is 14.9 Å². The summed E-state index contributed by atoms with van der Waals surface area (Å²) >= 11 is 1.20. The zero-order valence-corrected chi connectivity index (χ0v) is 17.6. The minimum Gasteiger partial charge on any atom is -0.448 e. The van der Waals surface area contributed by atoms with Gasteiger partial charge in [-0.1, -0.05) is 6.92 Å². The van der Waals surface area contributed by atoms with Crippen molar-refractivity contribution in [3.05, 3.63) is 45.6 Å². The summed E-state index contributed by atoms with van der Waals surface area (Å²) in [7, 11) is 0. The van der Waals surface area contributed by atoms with E-state index in [2.05, 4.69) is 16.8 Å². The van der Waals surface area contributed by atoms with E-state index in [-0.39, 0.29) is 5.57 Å². The van der Waals surface area contributed by atoms with Crippen LogP contribution in [0.1, 0.15) is 42.8 Å². The van der Waals surface area contributed by atoms with Crippen molar-refractivity contribution >= 4 is 34.3 Å². The molecule has 29 heavy (non-hydrogen) atoms. The zero-order valence-electron chi connectivity index (χ0n) is 16.8. The summed E-state index contributed by atoms with van der Waals surface area (Å²) in [6.07, 6.45) is 1.33. The SMILES string of the molecule is CCCn1c(C)cc(/C=C(\C#N)C(=O)O[C@H](C)C(=O)Nc2sccc2C#N)c1C. The highest BCUT2D eigenvalue weighted by molar-refractivity contribution is 7.14. The zero-order chi connectivity index (χ0) is 21.6. The number of hydrogen-bond acceptors (Lipinski definition) is 6. The number of esters is 1. The molecule has 1 atom stereocenters. The third-order valence-electron chi connectivity index (χ3n) is 4.38. The molecule has 150 valence electrons. The molecule has 0 fully saturated rings. The van der Waals surface area contributed by atoms with E-state index in [1.54, 1.807) is 11.4 Å². The van der Waals surface area contributed by atoms with Crippen LogP contribution in [0.2, 0.25) is 0 Å². The molecule has 0 aromatic carbocycles. The number of ether oxygens (including phenoxy) is 1. The summed E-state index contributed by atoms with van der Waals surface area (Å²) in [5.74, 6) is -1.45. The van der Waals surface area contributed by atoms with E-state index in [4.69, 9.17) is 10.00 Å². The van der Waals surface area contributed by atoms with E-state index in [0.29, 0.717) is 10.6 Å². The van der Waals surface area contributed by atoms with Gasteiger partial charge in [-0.15, -0.1) is 11.3 Å². The van der Waals surface area contributed by atoms with Gasteiger partial charge >= 0.3 is 5.97 Å². The van der Waals surface area contributed by atoms with Crippen molar-refractivity contribution in [3.63, 3.8) is 0 Å². The minimum absolute atomic E-state index is 0.185. The molecule has 0 aliphatic rings. The molecular formula is C21H22N4O3S. The van der Waals surface area contributed by atoms with Crippen LogP contribution in [0.25, 0.3) is 6.08 Å². The lowest BCUT2D eigenvalue weighted by Crippen LogP contribution is -2.30. The van der Waals surface area contributed by atoms with Gasteiger partial charge in [-0.3, -0.25) is 4.79 Å². The fourth-order valence-electron chi connectivity index (χ4n) is 2.82. The molecule has 1 amide bonds. The second kappa shape index (κ2) is 9.72. The van der Waals surface area contributed by atoms with Gasteiger partial charge in [0, 0.05) is 17.9 Å². The lowest BCUT2D eigenvalue weighted by atomic mass is 10.1. The van der Waals surface area contributed by atoms with Gasteiger partial charge < -0.3 is 14.6 Å². The molecule has 0 spiro atoms. The summed E-state index contributed by atoms with van der Waals surface area (Å²) in [4.78, 5) is 24.7. The van der Waals surface area contributed by atoms with Crippen molar-refractivity contribution in [3.8, 4) is 12.1 Å². The normalized spacial score (nSPS) is 12.0. The Balaban J connectivity index is 2.12. The van der Waals surface area contributed by atoms with E-state index in [1.807, 2.05) is 32.1 Å². The van der Waals surface area contributed by atoms with Gasteiger partial charge in [-0.05, 0) is 56.3 Å². The number of aromatic nitrogens is 1. The molecule has 2 aromatic heterocycles. The molecule has 0 aliphatic heterocycles. The molecule has 2 aromatic rings. The van der Waals surface area contributed by atoms with E-state index >= 15 is 0 Å². The highest BCUT2D eigenvalue weighted by Crippen LogP contribution is 2.23. The Bertz CT molecular complexity index is 1030. The van der Waals surface area contributed by atoms with E-state index < -0.39 is 18.0 Å². The first-order chi connectivity index (χ1) is 13.8. The number of carbonyl (C=O) groups excluding carboxylic acids is 2.